The molecule has 1 saturated carbocycles. The van der Waals surface area contributed by atoms with Gasteiger partial charge in [0.25, 0.3) is 0 Å². The van der Waals surface area contributed by atoms with E-state index in [1.54, 1.807) is 0 Å². The Labute approximate surface area is 105 Å². The first-order valence-electron chi connectivity index (χ1n) is 7.15. The number of nitrogens with one attached hydrogen (secondary N) is 1. The Morgan fingerprint density at radius 1 is 1.47 bits per heavy atom. The first-order valence-corrected chi connectivity index (χ1v) is 7.15. The van der Waals surface area contributed by atoms with Crippen molar-refractivity contribution in [2.75, 3.05) is 19.6 Å². The van der Waals surface area contributed by atoms with E-state index in [0.29, 0.717) is 18.4 Å². The van der Waals surface area contributed by atoms with Crippen molar-refractivity contribution >= 4 is 0 Å². The van der Waals surface area contributed by atoms with Crippen molar-refractivity contribution in [3.8, 4) is 0 Å². The number of piperidine rings is 1. The third kappa shape index (κ3) is 2.25. The van der Waals surface area contributed by atoms with Gasteiger partial charge in [0.1, 0.15) is 0 Å². The van der Waals surface area contributed by atoms with Crippen LogP contribution in [-0.4, -0.2) is 30.3 Å². The highest BCUT2D eigenvalue weighted by molar-refractivity contribution is 5.05. The summed E-state index contributed by atoms with van der Waals surface area (Å²) in [4.78, 5) is 0. The lowest BCUT2D eigenvalue weighted by Crippen LogP contribution is -2.57. The minimum absolute atomic E-state index is 0.0455. The first kappa shape index (κ1) is 13.3. The van der Waals surface area contributed by atoms with Crippen molar-refractivity contribution in [2.45, 2.75) is 51.6 Å². The lowest BCUT2D eigenvalue weighted by molar-refractivity contribution is -0.114. The molecule has 100 valence electrons. The zero-order valence-corrected chi connectivity index (χ0v) is 11.3. The number of nitrogens with two attached hydrogens (primary N) is 1. The van der Waals surface area contributed by atoms with Gasteiger partial charge in [-0.2, -0.15) is 0 Å². The second kappa shape index (κ2) is 4.87. The summed E-state index contributed by atoms with van der Waals surface area (Å²) in [5.41, 5.74) is 5.39. The Kier molecular flexibility index (Phi) is 3.81. The van der Waals surface area contributed by atoms with Crippen molar-refractivity contribution in [3.05, 3.63) is 0 Å². The molecule has 1 saturated heterocycles. The van der Waals surface area contributed by atoms with E-state index in [1.807, 2.05) is 6.92 Å². The summed E-state index contributed by atoms with van der Waals surface area (Å²) in [5.74, 6) is 1.08. The maximum atomic E-state index is 11.1. The number of aliphatic hydroxyl groups is 1. The predicted molar refractivity (Wildman–Crippen MR) is 70.7 cm³/mol. The van der Waals surface area contributed by atoms with Crippen molar-refractivity contribution < 1.29 is 5.11 Å². The van der Waals surface area contributed by atoms with Crippen LogP contribution in [0.15, 0.2) is 0 Å². The van der Waals surface area contributed by atoms with Crippen LogP contribution in [0.3, 0.4) is 0 Å². The van der Waals surface area contributed by atoms with Crippen LogP contribution in [0.5, 0.6) is 0 Å². The van der Waals surface area contributed by atoms with E-state index < -0.39 is 5.60 Å². The maximum Gasteiger partial charge on any atom is 0.0727 e. The van der Waals surface area contributed by atoms with Crippen molar-refractivity contribution in [1.29, 1.82) is 0 Å². The molecule has 2 rings (SSSR count). The van der Waals surface area contributed by atoms with Crippen LogP contribution >= 0.6 is 0 Å². The van der Waals surface area contributed by atoms with Gasteiger partial charge >= 0.3 is 0 Å². The van der Waals surface area contributed by atoms with Crippen molar-refractivity contribution in [3.63, 3.8) is 0 Å². The van der Waals surface area contributed by atoms with Crippen LogP contribution in [0, 0.1) is 17.3 Å². The smallest absolute Gasteiger partial charge is 0.0727 e. The lowest BCUT2D eigenvalue weighted by atomic mass is 9.63. The number of hydrogen-bond donors (Lipinski definition) is 3. The Balaban J connectivity index is 2.16. The zero-order chi connectivity index (χ0) is 12.5. The second-order valence-corrected chi connectivity index (χ2v) is 6.52. The third-order valence-electron chi connectivity index (χ3n) is 5.41. The minimum Gasteiger partial charge on any atom is -0.389 e. The minimum atomic E-state index is -0.611. The molecule has 17 heavy (non-hydrogen) atoms. The van der Waals surface area contributed by atoms with Crippen LogP contribution in [0.1, 0.15) is 46.0 Å². The summed E-state index contributed by atoms with van der Waals surface area (Å²) in [6, 6.07) is 0. The van der Waals surface area contributed by atoms with Crippen molar-refractivity contribution in [2.24, 2.45) is 23.0 Å². The summed E-state index contributed by atoms with van der Waals surface area (Å²) < 4.78 is 0. The van der Waals surface area contributed by atoms with Crippen LogP contribution in [0.2, 0.25) is 0 Å². The molecule has 4 N–H and O–H groups in total. The highest BCUT2D eigenvalue weighted by Crippen LogP contribution is 2.51. The van der Waals surface area contributed by atoms with Crippen LogP contribution in [0.4, 0.5) is 0 Å². The SMILES string of the molecule is CC1CCC(CN)(C(C)(O)C2CCCNC2)C1. The lowest BCUT2D eigenvalue weighted by Gasteiger charge is -2.48. The molecule has 0 amide bonds. The van der Waals surface area contributed by atoms with Gasteiger partial charge in [-0.3, -0.25) is 0 Å². The number of rotatable bonds is 3. The summed E-state index contributed by atoms with van der Waals surface area (Å²) in [6.45, 7) is 6.99. The normalized spacial score (nSPS) is 42.4. The fourth-order valence-corrected chi connectivity index (χ4v) is 4.01. The first-order chi connectivity index (χ1) is 8.02. The monoisotopic (exact) mass is 240 g/mol. The van der Waals surface area contributed by atoms with E-state index in [2.05, 4.69) is 12.2 Å². The van der Waals surface area contributed by atoms with Gasteiger partial charge in [0.15, 0.2) is 0 Å². The van der Waals surface area contributed by atoms with Crippen LogP contribution in [0.25, 0.3) is 0 Å². The Hall–Kier alpha value is -0.120. The van der Waals surface area contributed by atoms with Gasteiger partial charge < -0.3 is 16.2 Å². The zero-order valence-electron chi connectivity index (χ0n) is 11.3. The van der Waals surface area contributed by atoms with E-state index in [-0.39, 0.29) is 5.41 Å². The molecular weight excluding hydrogens is 212 g/mol. The molecule has 0 aromatic rings. The fraction of sp³-hybridized carbons (Fsp3) is 1.00. The molecule has 3 heteroatoms. The van der Waals surface area contributed by atoms with Gasteiger partial charge in [0, 0.05) is 24.4 Å². The Morgan fingerprint density at radius 2 is 2.24 bits per heavy atom. The Morgan fingerprint density at radius 3 is 2.71 bits per heavy atom. The molecule has 2 fully saturated rings. The molecule has 3 nitrogen and oxygen atoms in total. The molecule has 1 aliphatic carbocycles. The van der Waals surface area contributed by atoms with Crippen molar-refractivity contribution in [1.82, 2.24) is 5.32 Å². The average Bonchev–Trinajstić information content (AvgIpc) is 2.74. The molecule has 0 radical (unpaired) electrons. The van der Waals surface area contributed by atoms with Gasteiger partial charge in [-0.15, -0.1) is 0 Å². The van der Waals surface area contributed by atoms with E-state index in [1.165, 1.54) is 12.8 Å². The molecule has 0 spiro atoms. The van der Waals surface area contributed by atoms with Gasteiger partial charge in [-0.1, -0.05) is 13.3 Å². The van der Waals surface area contributed by atoms with E-state index in [4.69, 9.17) is 5.73 Å². The standard InChI is InChI=1S/C14H28N2O/c1-11-5-6-14(8-11,10-15)13(2,17)12-4-3-7-16-9-12/h11-12,16-17H,3-10,15H2,1-2H3. The van der Waals surface area contributed by atoms with E-state index >= 15 is 0 Å². The molecular formula is C14H28N2O. The highest BCUT2D eigenvalue weighted by atomic mass is 16.3. The van der Waals surface area contributed by atoms with E-state index in [0.717, 1.165) is 32.4 Å². The third-order valence-corrected chi connectivity index (χ3v) is 5.41. The second-order valence-electron chi connectivity index (χ2n) is 6.52. The highest BCUT2D eigenvalue weighted by Gasteiger charge is 2.53. The largest absolute Gasteiger partial charge is 0.389 e. The summed E-state index contributed by atoms with van der Waals surface area (Å²) in [6.07, 6.45) is 5.71. The summed E-state index contributed by atoms with van der Waals surface area (Å²) in [7, 11) is 0. The van der Waals surface area contributed by atoms with Gasteiger partial charge in [-0.05, 0) is 45.1 Å². The number of hydrogen-bond acceptors (Lipinski definition) is 3. The maximum absolute atomic E-state index is 11.1. The summed E-state index contributed by atoms with van der Waals surface area (Å²) >= 11 is 0. The quantitative estimate of drug-likeness (QED) is 0.701. The fourth-order valence-electron chi connectivity index (χ4n) is 4.01. The molecule has 0 aromatic heterocycles. The Bertz CT molecular complexity index is 261. The molecule has 2 aliphatic rings. The van der Waals surface area contributed by atoms with Gasteiger partial charge in [-0.25, -0.2) is 0 Å². The molecule has 1 heterocycles. The molecule has 0 bridgehead atoms. The van der Waals surface area contributed by atoms with Gasteiger partial charge in [0.2, 0.25) is 0 Å². The molecule has 1 aliphatic heterocycles. The van der Waals surface area contributed by atoms with E-state index in [9.17, 15) is 5.11 Å². The van der Waals surface area contributed by atoms with Crippen LogP contribution in [-0.2, 0) is 0 Å². The molecule has 0 aromatic carbocycles. The summed E-state index contributed by atoms with van der Waals surface area (Å²) in [5, 5.41) is 14.5. The predicted octanol–water partition coefficient (Wildman–Crippen LogP) is 1.50. The average molecular weight is 240 g/mol. The molecule has 4 atom stereocenters. The van der Waals surface area contributed by atoms with Crippen LogP contribution < -0.4 is 11.1 Å². The topological polar surface area (TPSA) is 58.3 Å². The van der Waals surface area contributed by atoms with Gasteiger partial charge in [0.05, 0.1) is 5.60 Å². The molecule has 4 unspecified atom stereocenters.